The van der Waals surface area contributed by atoms with Crippen LogP contribution in [0, 0.1) is 11.8 Å². The monoisotopic (exact) mass is 421 g/mol. The molecular formula is C25H31N3O3. The van der Waals surface area contributed by atoms with E-state index in [2.05, 4.69) is 5.32 Å². The Hall–Kier alpha value is -2.86. The summed E-state index contributed by atoms with van der Waals surface area (Å²) >= 11 is 0. The van der Waals surface area contributed by atoms with Gasteiger partial charge in [0, 0.05) is 37.8 Å². The number of carbonyl (C=O) groups is 2. The number of aliphatic hydroxyl groups is 1. The van der Waals surface area contributed by atoms with Gasteiger partial charge in [-0.05, 0) is 49.3 Å². The van der Waals surface area contributed by atoms with E-state index in [-0.39, 0.29) is 23.8 Å². The minimum absolute atomic E-state index is 0.0172. The number of piperidine rings is 2. The number of amides is 3. The van der Waals surface area contributed by atoms with Crippen LogP contribution in [0.5, 0.6) is 0 Å². The Kier molecular flexibility index (Phi) is 6.87. The molecule has 0 spiro atoms. The van der Waals surface area contributed by atoms with Crippen LogP contribution in [0.4, 0.5) is 10.5 Å². The van der Waals surface area contributed by atoms with Crippen LogP contribution in [0.25, 0.3) is 0 Å². The largest absolute Gasteiger partial charge is 0.388 e. The maximum atomic E-state index is 13.0. The lowest BCUT2D eigenvalue weighted by molar-refractivity contribution is -0.138. The van der Waals surface area contributed by atoms with Crippen LogP contribution in [0.3, 0.4) is 0 Å². The van der Waals surface area contributed by atoms with E-state index >= 15 is 0 Å². The molecule has 2 aliphatic heterocycles. The van der Waals surface area contributed by atoms with E-state index in [1.54, 1.807) is 4.90 Å². The summed E-state index contributed by atoms with van der Waals surface area (Å²) < 4.78 is 0. The molecule has 2 aliphatic rings. The van der Waals surface area contributed by atoms with Crippen molar-refractivity contribution < 1.29 is 14.7 Å². The van der Waals surface area contributed by atoms with Crippen LogP contribution in [0.15, 0.2) is 60.7 Å². The highest BCUT2D eigenvalue weighted by molar-refractivity contribution is 5.89. The van der Waals surface area contributed by atoms with Crippen molar-refractivity contribution in [3.8, 4) is 0 Å². The van der Waals surface area contributed by atoms with Crippen molar-refractivity contribution in [3.05, 3.63) is 66.2 Å². The molecule has 0 radical (unpaired) electrons. The third-order valence-electron chi connectivity index (χ3n) is 6.60. The number of para-hydroxylation sites is 1. The normalized spacial score (nSPS) is 19.1. The van der Waals surface area contributed by atoms with E-state index < -0.39 is 6.10 Å². The van der Waals surface area contributed by atoms with Crippen molar-refractivity contribution >= 4 is 17.6 Å². The molecule has 2 heterocycles. The Labute approximate surface area is 183 Å². The predicted molar refractivity (Wildman–Crippen MR) is 120 cm³/mol. The number of aliphatic hydroxyl groups excluding tert-OH is 1. The van der Waals surface area contributed by atoms with Gasteiger partial charge in [-0.3, -0.25) is 4.79 Å². The number of benzene rings is 2. The smallest absolute Gasteiger partial charge is 0.321 e. The van der Waals surface area contributed by atoms with Crippen molar-refractivity contribution in [3.63, 3.8) is 0 Å². The predicted octanol–water partition coefficient (Wildman–Crippen LogP) is 3.90. The summed E-state index contributed by atoms with van der Waals surface area (Å²) in [6.45, 7) is 2.58. The third kappa shape index (κ3) is 5.25. The van der Waals surface area contributed by atoms with Crippen molar-refractivity contribution in [1.29, 1.82) is 0 Å². The number of nitrogens with one attached hydrogen (secondary N) is 1. The van der Waals surface area contributed by atoms with Gasteiger partial charge < -0.3 is 20.2 Å². The average molecular weight is 422 g/mol. The highest BCUT2D eigenvalue weighted by Gasteiger charge is 2.33. The summed E-state index contributed by atoms with van der Waals surface area (Å²) in [6, 6.07) is 19.1. The molecule has 2 aromatic rings. The summed E-state index contributed by atoms with van der Waals surface area (Å²) in [7, 11) is 0. The van der Waals surface area contributed by atoms with Gasteiger partial charge in [0.25, 0.3) is 0 Å². The summed E-state index contributed by atoms with van der Waals surface area (Å²) in [5, 5.41) is 13.6. The molecule has 0 aliphatic carbocycles. The van der Waals surface area contributed by atoms with Gasteiger partial charge in [0.05, 0.1) is 6.10 Å². The molecule has 1 atom stereocenters. The molecule has 2 saturated heterocycles. The second-order valence-electron chi connectivity index (χ2n) is 8.58. The highest BCUT2D eigenvalue weighted by atomic mass is 16.3. The van der Waals surface area contributed by atoms with Crippen LogP contribution in [-0.2, 0) is 4.79 Å². The minimum atomic E-state index is -0.468. The number of urea groups is 1. The number of anilines is 1. The van der Waals surface area contributed by atoms with E-state index in [0.717, 1.165) is 24.1 Å². The zero-order chi connectivity index (χ0) is 21.6. The van der Waals surface area contributed by atoms with Crippen molar-refractivity contribution in [2.24, 2.45) is 11.8 Å². The lowest BCUT2D eigenvalue weighted by Gasteiger charge is -2.38. The first-order valence-electron chi connectivity index (χ1n) is 11.2. The SMILES string of the molecule is O=C(Nc1ccccc1)N1CCC(C(=O)N2CCC(C(O)c3ccccc3)CC2)CC1. The Morgan fingerprint density at radius 2 is 1.35 bits per heavy atom. The van der Waals surface area contributed by atoms with E-state index in [4.69, 9.17) is 0 Å². The van der Waals surface area contributed by atoms with Crippen molar-refractivity contribution in [1.82, 2.24) is 9.80 Å². The van der Waals surface area contributed by atoms with Crippen molar-refractivity contribution in [2.45, 2.75) is 31.8 Å². The van der Waals surface area contributed by atoms with Gasteiger partial charge >= 0.3 is 6.03 Å². The number of nitrogens with zero attached hydrogens (tertiary/aromatic N) is 2. The Morgan fingerprint density at radius 1 is 0.806 bits per heavy atom. The molecule has 2 aromatic carbocycles. The summed E-state index contributed by atoms with van der Waals surface area (Å²) in [6.07, 6.45) is 2.58. The van der Waals surface area contributed by atoms with Gasteiger partial charge in [0.15, 0.2) is 0 Å². The second-order valence-corrected chi connectivity index (χ2v) is 8.58. The molecule has 2 fully saturated rings. The first kappa shape index (κ1) is 21.4. The second kappa shape index (κ2) is 9.96. The first-order valence-corrected chi connectivity index (χ1v) is 11.2. The number of hydrogen-bond acceptors (Lipinski definition) is 3. The van der Waals surface area contributed by atoms with E-state index in [1.807, 2.05) is 65.6 Å². The number of rotatable bonds is 4. The molecule has 31 heavy (non-hydrogen) atoms. The molecule has 6 nitrogen and oxygen atoms in total. The molecule has 0 aromatic heterocycles. The molecule has 1 unspecified atom stereocenters. The zero-order valence-electron chi connectivity index (χ0n) is 17.8. The van der Waals surface area contributed by atoms with Crippen LogP contribution < -0.4 is 5.32 Å². The number of carbonyl (C=O) groups excluding carboxylic acids is 2. The van der Waals surface area contributed by atoms with Crippen molar-refractivity contribution in [2.75, 3.05) is 31.5 Å². The first-order chi connectivity index (χ1) is 15.1. The van der Waals surface area contributed by atoms with E-state index in [0.29, 0.717) is 39.0 Å². The standard InChI is InChI=1S/C25H31N3O3/c29-23(19-7-3-1-4-8-19)20-11-15-27(16-12-20)24(30)21-13-17-28(18-14-21)25(31)26-22-9-5-2-6-10-22/h1-10,20-21,23,29H,11-18H2,(H,26,31). The summed E-state index contributed by atoms with van der Waals surface area (Å²) in [5.74, 6) is 0.377. The van der Waals surface area contributed by atoms with Crippen LogP contribution in [-0.4, -0.2) is 53.0 Å². The number of hydrogen-bond donors (Lipinski definition) is 2. The minimum Gasteiger partial charge on any atom is -0.388 e. The number of likely N-dealkylation sites (tertiary alicyclic amines) is 2. The molecule has 6 heteroatoms. The Morgan fingerprint density at radius 3 is 1.97 bits per heavy atom. The third-order valence-corrected chi connectivity index (χ3v) is 6.60. The lowest BCUT2D eigenvalue weighted by Crippen LogP contribution is -2.47. The van der Waals surface area contributed by atoms with Gasteiger partial charge in [-0.1, -0.05) is 48.5 Å². The summed E-state index contributed by atoms with van der Waals surface area (Å²) in [4.78, 5) is 29.2. The average Bonchev–Trinajstić information content (AvgIpc) is 2.84. The molecule has 3 amide bonds. The Balaban J connectivity index is 1.23. The fourth-order valence-electron chi connectivity index (χ4n) is 4.67. The molecule has 0 bridgehead atoms. The van der Waals surface area contributed by atoms with Gasteiger partial charge in [-0.25, -0.2) is 4.79 Å². The van der Waals surface area contributed by atoms with E-state index in [9.17, 15) is 14.7 Å². The summed E-state index contributed by atoms with van der Waals surface area (Å²) in [5.41, 5.74) is 1.74. The zero-order valence-corrected chi connectivity index (χ0v) is 17.8. The van der Waals surface area contributed by atoms with Gasteiger partial charge in [0.2, 0.25) is 5.91 Å². The highest BCUT2D eigenvalue weighted by Crippen LogP contribution is 2.32. The van der Waals surface area contributed by atoms with Crippen LogP contribution >= 0.6 is 0 Å². The quantitative estimate of drug-likeness (QED) is 0.786. The van der Waals surface area contributed by atoms with Crippen LogP contribution in [0.2, 0.25) is 0 Å². The maximum Gasteiger partial charge on any atom is 0.321 e. The van der Waals surface area contributed by atoms with E-state index in [1.165, 1.54) is 0 Å². The van der Waals surface area contributed by atoms with Crippen LogP contribution in [0.1, 0.15) is 37.4 Å². The Bertz CT molecular complexity index is 858. The molecule has 4 rings (SSSR count). The van der Waals surface area contributed by atoms with Gasteiger partial charge in [-0.15, -0.1) is 0 Å². The molecule has 0 saturated carbocycles. The molecule has 164 valence electrons. The van der Waals surface area contributed by atoms with Gasteiger partial charge in [-0.2, -0.15) is 0 Å². The fraction of sp³-hybridized carbons (Fsp3) is 0.440. The maximum absolute atomic E-state index is 13.0. The fourth-order valence-corrected chi connectivity index (χ4v) is 4.67. The topological polar surface area (TPSA) is 72.9 Å². The molecular weight excluding hydrogens is 390 g/mol. The lowest BCUT2D eigenvalue weighted by atomic mass is 9.86. The molecule has 2 N–H and O–H groups in total. The van der Waals surface area contributed by atoms with Gasteiger partial charge in [0.1, 0.15) is 0 Å².